The van der Waals surface area contributed by atoms with Crippen molar-refractivity contribution in [2.24, 2.45) is 0 Å². The van der Waals surface area contributed by atoms with Gasteiger partial charge in [0.1, 0.15) is 5.69 Å². The first-order valence-electron chi connectivity index (χ1n) is 5.39. The summed E-state index contributed by atoms with van der Waals surface area (Å²) in [5.41, 5.74) is 0.405. The van der Waals surface area contributed by atoms with Crippen LogP contribution in [0.3, 0.4) is 0 Å². The van der Waals surface area contributed by atoms with Gasteiger partial charge in [-0.2, -0.15) is 0 Å². The number of rotatable bonds is 3. The summed E-state index contributed by atoms with van der Waals surface area (Å²) in [6.45, 7) is 1.70. The van der Waals surface area contributed by atoms with Crippen molar-refractivity contribution in [2.75, 3.05) is 13.1 Å². The fraction of sp³-hybridized carbons (Fsp3) is 0.455. The summed E-state index contributed by atoms with van der Waals surface area (Å²) in [5, 5.41) is 6.71. The summed E-state index contributed by atoms with van der Waals surface area (Å²) >= 11 is 5.69. The highest BCUT2D eigenvalue weighted by Crippen LogP contribution is 2.06. The molecule has 5 heteroatoms. The Morgan fingerprint density at radius 3 is 3.12 bits per heavy atom. The Kier molecular flexibility index (Phi) is 3.74. The molecule has 0 aromatic carbocycles. The van der Waals surface area contributed by atoms with Crippen LogP contribution >= 0.6 is 11.6 Å². The number of carbonyl (C=O) groups excluding carboxylic acids is 1. The zero-order chi connectivity index (χ0) is 11.4. The van der Waals surface area contributed by atoms with Gasteiger partial charge in [-0.25, -0.2) is 4.98 Å². The van der Waals surface area contributed by atoms with Gasteiger partial charge < -0.3 is 10.6 Å². The van der Waals surface area contributed by atoms with Gasteiger partial charge in [0.05, 0.1) is 5.02 Å². The van der Waals surface area contributed by atoms with E-state index in [0.717, 1.165) is 13.0 Å². The van der Waals surface area contributed by atoms with Crippen molar-refractivity contribution in [1.82, 2.24) is 15.6 Å². The van der Waals surface area contributed by atoms with E-state index < -0.39 is 0 Å². The van der Waals surface area contributed by atoms with Crippen molar-refractivity contribution in [2.45, 2.75) is 18.9 Å². The maximum absolute atomic E-state index is 11.7. The summed E-state index contributed by atoms with van der Waals surface area (Å²) < 4.78 is 0. The molecule has 86 valence electrons. The summed E-state index contributed by atoms with van der Waals surface area (Å²) in [5.74, 6) is -0.148. The normalized spacial score (nSPS) is 19.7. The minimum absolute atomic E-state index is 0.148. The molecule has 1 aliphatic heterocycles. The predicted octanol–water partition coefficient (Wildman–Crippen LogP) is 1.22. The van der Waals surface area contributed by atoms with Gasteiger partial charge in [-0.1, -0.05) is 11.6 Å². The Morgan fingerprint density at radius 1 is 1.62 bits per heavy atom. The summed E-state index contributed by atoms with van der Waals surface area (Å²) in [6.07, 6.45) is 3.78. The highest BCUT2D eigenvalue weighted by Gasteiger charge is 2.15. The molecule has 1 fully saturated rings. The Morgan fingerprint density at radius 2 is 2.50 bits per heavy atom. The lowest BCUT2D eigenvalue weighted by molar-refractivity contribution is 0.0945. The molecule has 0 spiro atoms. The van der Waals surface area contributed by atoms with Crippen LogP contribution in [0.1, 0.15) is 23.3 Å². The van der Waals surface area contributed by atoms with Crippen molar-refractivity contribution < 1.29 is 4.79 Å². The first kappa shape index (κ1) is 11.4. The molecule has 1 atom stereocenters. The van der Waals surface area contributed by atoms with Crippen LogP contribution in [0.2, 0.25) is 5.02 Å². The topological polar surface area (TPSA) is 54.0 Å². The minimum atomic E-state index is -0.148. The third-order valence-corrected chi connectivity index (χ3v) is 2.85. The average molecular weight is 240 g/mol. The van der Waals surface area contributed by atoms with Crippen LogP contribution in [0, 0.1) is 0 Å². The average Bonchev–Trinajstić information content (AvgIpc) is 2.80. The standard InChI is InChI=1S/C11H14ClN3O/c12-8-3-4-10(14-6-8)11(16)15-7-9-2-1-5-13-9/h3-4,6,9,13H,1-2,5,7H2,(H,15,16). The zero-order valence-corrected chi connectivity index (χ0v) is 9.63. The maximum Gasteiger partial charge on any atom is 0.269 e. The third kappa shape index (κ3) is 2.93. The van der Waals surface area contributed by atoms with Crippen LogP contribution < -0.4 is 10.6 Å². The van der Waals surface area contributed by atoms with Gasteiger partial charge in [-0.05, 0) is 31.5 Å². The second-order valence-corrected chi connectivity index (χ2v) is 4.30. The first-order valence-corrected chi connectivity index (χ1v) is 5.76. The number of nitrogens with zero attached hydrogens (tertiary/aromatic N) is 1. The number of hydrogen-bond acceptors (Lipinski definition) is 3. The summed E-state index contributed by atoms with van der Waals surface area (Å²) in [4.78, 5) is 15.6. The first-order chi connectivity index (χ1) is 7.75. The highest BCUT2D eigenvalue weighted by atomic mass is 35.5. The monoisotopic (exact) mass is 239 g/mol. The molecule has 4 nitrogen and oxygen atoms in total. The number of halogens is 1. The van der Waals surface area contributed by atoms with Gasteiger partial charge in [-0.3, -0.25) is 4.79 Å². The zero-order valence-electron chi connectivity index (χ0n) is 8.87. The van der Waals surface area contributed by atoms with Crippen molar-refractivity contribution >= 4 is 17.5 Å². The van der Waals surface area contributed by atoms with E-state index in [1.54, 1.807) is 12.1 Å². The molecule has 2 rings (SSSR count). The molecule has 1 aliphatic rings. The molecule has 2 heterocycles. The van der Waals surface area contributed by atoms with Crippen molar-refractivity contribution in [3.63, 3.8) is 0 Å². The molecule has 16 heavy (non-hydrogen) atoms. The second-order valence-electron chi connectivity index (χ2n) is 3.86. The Labute approximate surface area is 99.4 Å². The van der Waals surface area contributed by atoms with Crippen LogP contribution in [0.5, 0.6) is 0 Å². The number of pyridine rings is 1. The van der Waals surface area contributed by atoms with Crippen molar-refractivity contribution in [3.8, 4) is 0 Å². The van der Waals surface area contributed by atoms with Crippen molar-refractivity contribution in [1.29, 1.82) is 0 Å². The van der Waals surface area contributed by atoms with Gasteiger partial charge in [0.25, 0.3) is 5.91 Å². The Balaban J connectivity index is 1.85. The third-order valence-electron chi connectivity index (χ3n) is 2.63. The van der Waals surface area contributed by atoms with E-state index in [9.17, 15) is 4.79 Å². The molecule has 1 amide bonds. The molecule has 0 aliphatic carbocycles. The fourth-order valence-corrected chi connectivity index (χ4v) is 1.86. The van der Waals surface area contributed by atoms with Crippen molar-refractivity contribution in [3.05, 3.63) is 29.0 Å². The fourth-order valence-electron chi connectivity index (χ4n) is 1.75. The molecule has 0 saturated carbocycles. The number of amides is 1. The van der Waals surface area contributed by atoms with E-state index in [1.807, 2.05) is 0 Å². The number of carbonyl (C=O) groups is 1. The summed E-state index contributed by atoms with van der Waals surface area (Å²) in [7, 11) is 0. The van der Waals surface area contributed by atoms with Crippen LogP contribution in [0.15, 0.2) is 18.3 Å². The lowest BCUT2D eigenvalue weighted by Crippen LogP contribution is -2.37. The molecule has 2 N–H and O–H groups in total. The van der Waals surface area contributed by atoms with E-state index in [-0.39, 0.29) is 5.91 Å². The van der Waals surface area contributed by atoms with E-state index in [4.69, 9.17) is 11.6 Å². The second kappa shape index (κ2) is 5.27. The van der Waals surface area contributed by atoms with Gasteiger partial charge in [0.2, 0.25) is 0 Å². The molecule has 1 aromatic heterocycles. The SMILES string of the molecule is O=C(NCC1CCCN1)c1ccc(Cl)cn1. The maximum atomic E-state index is 11.7. The number of aromatic nitrogens is 1. The Hall–Kier alpha value is -1.13. The van der Waals surface area contributed by atoms with Gasteiger partial charge >= 0.3 is 0 Å². The van der Waals surface area contributed by atoms with Gasteiger partial charge in [0.15, 0.2) is 0 Å². The number of nitrogens with one attached hydrogen (secondary N) is 2. The van der Waals surface area contributed by atoms with Crippen LogP contribution in [-0.4, -0.2) is 30.0 Å². The van der Waals surface area contributed by atoms with Crippen LogP contribution in [0.25, 0.3) is 0 Å². The molecule has 0 bridgehead atoms. The molecule has 1 saturated heterocycles. The molecule has 1 aromatic rings. The van der Waals surface area contributed by atoms with E-state index in [1.165, 1.54) is 12.6 Å². The minimum Gasteiger partial charge on any atom is -0.349 e. The van der Waals surface area contributed by atoms with Crippen LogP contribution in [-0.2, 0) is 0 Å². The molecule has 1 unspecified atom stereocenters. The van der Waals surface area contributed by atoms with Gasteiger partial charge in [-0.15, -0.1) is 0 Å². The van der Waals surface area contributed by atoms with E-state index >= 15 is 0 Å². The predicted molar refractivity (Wildman–Crippen MR) is 62.6 cm³/mol. The smallest absolute Gasteiger partial charge is 0.269 e. The van der Waals surface area contributed by atoms with Gasteiger partial charge in [0, 0.05) is 18.8 Å². The largest absolute Gasteiger partial charge is 0.349 e. The molecule has 0 radical (unpaired) electrons. The van der Waals surface area contributed by atoms with E-state index in [2.05, 4.69) is 15.6 Å². The quantitative estimate of drug-likeness (QED) is 0.834. The molecular weight excluding hydrogens is 226 g/mol. The highest BCUT2D eigenvalue weighted by molar-refractivity contribution is 6.30. The summed E-state index contributed by atoms with van der Waals surface area (Å²) in [6, 6.07) is 3.69. The lowest BCUT2D eigenvalue weighted by atomic mass is 10.2. The number of hydrogen-bond donors (Lipinski definition) is 2. The molecular formula is C11H14ClN3O. The lowest BCUT2D eigenvalue weighted by Gasteiger charge is -2.10. The van der Waals surface area contributed by atoms with Crippen LogP contribution in [0.4, 0.5) is 0 Å². The van der Waals surface area contributed by atoms with E-state index in [0.29, 0.717) is 23.3 Å². The Bertz CT molecular complexity index is 360.